The van der Waals surface area contributed by atoms with Gasteiger partial charge in [0.1, 0.15) is 0 Å². The Morgan fingerprint density at radius 1 is 1.32 bits per heavy atom. The molecule has 1 aromatic carbocycles. The van der Waals surface area contributed by atoms with E-state index in [1.165, 1.54) is 0 Å². The van der Waals surface area contributed by atoms with Gasteiger partial charge in [0.2, 0.25) is 0 Å². The smallest absolute Gasteiger partial charge is 0.316 e. The van der Waals surface area contributed by atoms with E-state index in [1.807, 2.05) is 4.90 Å². The van der Waals surface area contributed by atoms with Crippen molar-refractivity contribution in [1.82, 2.24) is 4.90 Å². The third-order valence-electron chi connectivity index (χ3n) is 3.91. The highest BCUT2D eigenvalue weighted by Crippen LogP contribution is 2.24. The highest BCUT2D eigenvalue weighted by molar-refractivity contribution is 5.95. The molecule has 1 aliphatic heterocycles. The predicted molar refractivity (Wildman–Crippen MR) is 89.2 cm³/mol. The Labute approximate surface area is 136 Å². The summed E-state index contributed by atoms with van der Waals surface area (Å²) in [6.45, 7) is 3.41. The van der Waals surface area contributed by atoms with Crippen LogP contribution in [0.5, 0.6) is 0 Å². The first-order chi connectivity index (χ1) is 10.0. The lowest BCUT2D eigenvalue weighted by Gasteiger charge is -2.38. The second-order valence-corrected chi connectivity index (χ2v) is 5.58. The fourth-order valence-corrected chi connectivity index (χ4v) is 2.75. The molecule has 1 saturated heterocycles. The van der Waals surface area contributed by atoms with Crippen LogP contribution in [0.3, 0.4) is 0 Å². The van der Waals surface area contributed by atoms with E-state index in [2.05, 4.69) is 12.2 Å². The minimum absolute atomic E-state index is 0. The van der Waals surface area contributed by atoms with Crippen molar-refractivity contribution >= 4 is 30.0 Å². The molecule has 2 atom stereocenters. The van der Waals surface area contributed by atoms with Crippen molar-refractivity contribution in [3.05, 3.63) is 29.8 Å². The number of hydrogen-bond acceptors (Lipinski definition) is 3. The molecule has 0 aromatic heterocycles. The molecule has 1 aromatic rings. The molecule has 22 heavy (non-hydrogen) atoms. The number of hydrogen-bond donors (Lipinski definition) is 3. The number of primary amides is 1. The molecule has 0 radical (unpaired) electrons. The van der Waals surface area contributed by atoms with Crippen LogP contribution in [0.4, 0.5) is 10.5 Å². The van der Waals surface area contributed by atoms with E-state index < -0.39 is 6.03 Å². The van der Waals surface area contributed by atoms with Crippen LogP contribution in [0, 0.1) is 5.92 Å². The average molecular weight is 327 g/mol. The van der Waals surface area contributed by atoms with Gasteiger partial charge < -0.3 is 21.7 Å². The van der Waals surface area contributed by atoms with Crippen LogP contribution in [0.25, 0.3) is 0 Å². The molecule has 6 nitrogen and oxygen atoms in total. The van der Waals surface area contributed by atoms with E-state index in [0.29, 0.717) is 23.7 Å². The SMILES string of the molecule is CC1CCN(C(=O)c2ccc(NC(N)=O)cc2)C(CN)C1.Cl. The lowest BCUT2D eigenvalue weighted by atomic mass is 9.92. The lowest BCUT2D eigenvalue weighted by Crippen LogP contribution is -2.49. The van der Waals surface area contributed by atoms with Crippen LogP contribution in [0.15, 0.2) is 24.3 Å². The maximum absolute atomic E-state index is 12.6. The van der Waals surface area contributed by atoms with Crippen LogP contribution < -0.4 is 16.8 Å². The quantitative estimate of drug-likeness (QED) is 0.789. The number of rotatable bonds is 3. The number of carbonyl (C=O) groups excluding carboxylic acids is 2. The Bertz CT molecular complexity index is 521. The summed E-state index contributed by atoms with van der Waals surface area (Å²) in [6.07, 6.45) is 1.95. The molecule has 1 heterocycles. The summed E-state index contributed by atoms with van der Waals surface area (Å²) in [6, 6.07) is 6.20. The number of nitrogens with two attached hydrogens (primary N) is 2. The minimum atomic E-state index is -0.623. The van der Waals surface area contributed by atoms with Gasteiger partial charge in [-0.15, -0.1) is 12.4 Å². The summed E-state index contributed by atoms with van der Waals surface area (Å²) in [5, 5.41) is 2.47. The number of carbonyl (C=O) groups is 2. The highest BCUT2D eigenvalue weighted by atomic mass is 35.5. The Morgan fingerprint density at radius 2 is 1.95 bits per heavy atom. The van der Waals surface area contributed by atoms with E-state index in [1.54, 1.807) is 24.3 Å². The van der Waals surface area contributed by atoms with Crippen molar-refractivity contribution in [1.29, 1.82) is 0 Å². The molecule has 7 heteroatoms. The highest BCUT2D eigenvalue weighted by Gasteiger charge is 2.29. The summed E-state index contributed by atoms with van der Waals surface area (Å²) >= 11 is 0. The molecule has 0 spiro atoms. The van der Waals surface area contributed by atoms with E-state index in [-0.39, 0.29) is 24.4 Å². The number of halogens is 1. The largest absolute Gasteiger partial charge is 0.351 e. The number of benzene rings is 1. The topological polar surface area (TPSA) is 101 Å². The number of nitrogens with zero attached hydrogens (tertiary/aromatic N) is 1. The molecular weight excluding hydrogens is 304 g/mol. The Morgan fingerprint density at radius 3 is 2.50 bits per heavy atom. The third-order valence-corrected chi connectivity index (χ3v) is 3.91. The lowest BCUT2D eigenvalue weighted by molar-refractivity contribution is 0.0573. The van der Waals surface area contributed by atoms with Crippen LogP contribution in [-0.2, 0) is 0 Å². The van der Waals surface area contributed by atoms with Gasteiger partial charge in [-0.2, -0.15) is 0 Å². The fourth-order valence-electron chi connectivity index (χ4n) is 2.75. The zero-order chi connectivity index (χ0) is 15.4. The number of anilines is 1. The van der Waals surface area contributed by atoms with Gasteiger partial charge in [0.25, 0.3) is 5.91 Å². The van der Waals surface area contributed by atoms with Crippen molar-refractivity contribution in [2.45, 2.75) is 25.8 Å². The first-order valence-electron chi connectivity index (χ1n) is 7.18. The molecule has 3 amide bonds. The van der Waals surface area contributed by atoms with Gasteiger partial charge in [-0.25, -0.2) is 4.79 Å². The van der Waals surface area contributed by atoms with E-state index in [4.69, 9.17) is 11.5 Å². The molecule has 122 valence electrons. The van der Waals surface area contributed by atoms with Crippen molar-refractivity contribution < 1.29 is 9.59 Å². The number of urea groups is 1. The van der Waals surface area contributed by atoms with E-state index >= 15 is 0 Å². The van der Waals surface area contributed by atoms with Gasteiger partial charge in [-0.3, -0.25) is 4.79 Å². The monoisotopic (exact) mass is 326 g/mol. The van der Waals surface area contributed by atoms with Gasteiger partial charge in [0.15, 0.2) is 0 Å². The van der Waals surface area contributed by atoms with E-state index in [9.17, 15) is 9.59 Å². The van der Waals surface area contributed by atoms with Gasteiger partial charge in [0, 0.05) is 30.4 Å². The van der Waals surface area contributed by atoms with E-state index in [0.717, 1.165) is 19.4 Å². The number of likely N-dealkylation sites (tertiary alicyclic amines) is 1. The summed E-state index contributed by atoms with van der Waals surface area (Å²) < 4.78 is 0. The van der Waals surface area contributed by atoms with Crippen LogP contribution in [0.2, 0.25) is 0 Å². The zero-order valence-corrected chi connectivity index (χ0v) is 13.4. The van der Waals surface area contributed by atoms with Gasteiger partial charge >= 0.3 is 6.03 Å². The fraction of sp³-hybridized carbons (Fsp3) is 0.467. The van der Waals surface area contributed by atoms with Gasteiger partial charge in [-0.05, 0) is 43.0 Å². The first-order valence-corrected chi connectivity index (χ1v) is 7.18. The number of piperidine rings is 1. The molecule has 1 fully saturated rings. The summed E-state index contributed by atoms with van der Waals surface area (Å²) in [7, 11) is 0. The van der Waals surface area contributed by atoms with Gasteiger partial charge in [-0.1, -0.05) is 6.92 Å². The summed E-state index contributed by atoms with van der Waals surface area (Å²) in [4.78, 5) is 25.2. The average Bonchev–Trinajstić information content (AvgIpc) is 2.46. The summed E-state index contributed by atoms with van der Waals surface area (Å²) in [5.74, 6) is 0.590. The maximum atomic E-state index is 12.6. The van der Waals surface area contributed by atoms with Crippen molar-refractivity contribution in [3.8, 4) is 0 Å². The predicted octanol–water partition coefficient (Wildman–Crippen LogP) is 1.80. The molecule has 2 unspecified atom stereocenters. The molecule has 0 bridgehead atoms. The molecule has 0 aliphatic carbocycles. The maximum Gasteiger partial charge on any atom is 0.316 e. The zero-order valence-electron chi connectivity index (χ0n) is 12.6. The molecule has 2 rings (SSSR count). The second-order valence-electron chi connectivity index (χ2n) is 5.58. The van der Waals surface area contributed by atoms with Crippen molar-refractivity contribution in [2.24, 2.45) is 17.4 Å². The van der Waals surface area contributed by atoms with Gasteiger partial charge in [0.05, 0.1) is 0 Å². The minimum Gasteiger partial charge on any atom is -0.351 e. The standard InChI is InChI=1S/C15H22N4O2.ClH/c1-10-6-7-19(13(8-10)9-16)14(20)11-2-4-12(5-3-11)18-15(17)21;/h2-5,10,13H,6-9,16H2,1H3,(H3,17,18,21);1H. The molecule has 1 aliphatic rings. The normalized spacial score (nSPS) is 20.9. The van der Waals surface area contributed by atoms with Crippen molar-refractivity contribution in [3.63, 3.8) is 0 Å². The summed E-state index contributed by atoms with van der Waals surface area (Å²) in [5.41, 5.74) is 12.0. The molecular formula is C15H23ClN4O2. The Hall–Kier alpha value is -1.79. The number of amides is 3. The Balaban J connectivity index is 0.00000242. The second kappa shape index (κ2) is 8.00. The molecule has 0 saturated carbocycles. The van der Waals surface area contributed by atoms with Crippen LogP contribution >= 0.6 is 12.4 Å². The first kappa shape index (κ1) is 18.3. The number of nitrogens with one attached hydrogen (secondary N) is 1. The third kappa shape index (κ3) is 4.35. The van der Waals surface area contributed by atoms with Crippen molar-refractivity contribution in [2.75, 3.05) is 18.4 Å². The van der Waals surface area contributed by atoms with Crippen LogP contribution in [-0.4, -0.2) is 36.0 Å². The Kier molecular flexibility index (Phi) is 6.64. The van der Waals surface area contributed by atoms with Crippen LogP contribution in [0.1, 0.15) is 30.1 Å². The molecule has 5 N–H and O–H groups in total.